The summed E-state index contributed by atoms with van der Waals surface area (Å²) in [4.78, 5) is 14.5. The second kappa shape index (κ2) is 8.02. The number of hydrogen-bond acceptors (Lipinski definition) is 4. The number of halogens is 2. The van der Waals surface area contributed by atoms with Crippen molar-refractivity contribution in [3.8, 4) is 0 Å². The Labute approximate surface area is 141 Å². The average molecular weight is 360 g/mol. The average Bonchev–Trinajstić information content (AvgIpc) is 3.06. The van der Waals surface area contributed by atoms with Crippen molar-refractivity contribution in [2.24, 2.45) is 0 Å². The number of carbonyl (C=O) groups excluding carboxylic acids is 1. The largest absolute Gasteiger partial charge is 0.337 e. The summed E-state index contributed by atoms with van der Waals surface area (Å²) in [5, 5.41) is 3.23. The number of hydrogen-bond donors (Lipinski definition) is 1. The molecule has 1 atom stereocenters. The summed E-state index contributed by atoms with van der Waals surface area (Å²) in [5.74, 6) is -4.24. The van der Waals surface area contributed by atoms with Crippen LogP contribution in [0.25, 0.3) is 0 Å². The Morgan fingerprint density at radius 3 is 2.50 bits per heavy atom. The quantitative estimate of drug-likeness (QED) is 0.808. The van der Waals surface area contributed by atoms with Crippen molar-refractivity contribution in [3.63, 3.8) is 0 Å². The van der Waals surface area contributed by atoms with E-state index in [1.165, 1.54) is 24.3 Å². The summed E-state index contributed by atoms with van der Waals surface area (Å²) in [5.41, 5.74) is 0.685. The first-order chi connectivity index (χ1) is 11.3. The fourth-order valence-corrected chi connectivity index (χ4v) is 3.58. The summed E-state index contributed by atoms with van der Waals surface area (Å²) < 4.78 is 47.3. The number of carbonyl (C=O) groups is 1. The normalized spacial score (nSPS) is 18.1. The van der Waals surface area contributed by atoms with Gasteiger partial charge in [-0.3, -0.25) is 4.79 Å². The van der Waals surface area contributed by atoms with Crippen molar-refractivity contribution in [1.29, 1.82) is 0 Å². The van der Waals surface area contributed by atoms with Crippen LogP contribution in [0.5, 0.6) is 0 Å². The van der Waals surface area contributed by atoms with Gasteiger partial charge in [0.05, 0.1) is 5.75 Å². The first-order valence-electron chi connectivity index (χ1n) is 7.95. The molecule has 1 N–H and O–H groups in total. The van der Waals surface area contributed by atoms with Gasteiger partial charge in [-0.15, -0.1) is 0 Å². The van der Waals surface area contributed by atoms with E-state index in [0.717, 1.165) is 25.9 Å². The van der Waals surface area contributed by atoms with Crippen molar-refractivity contribution in [1.82, 2.24) is 10.2 Å². The zero-order valence-corrected chi connectivity index (χ0v) is 14.4. The lowest BCUT2D eigenvalue weighted by atomic mass is 10.1. The standard InChI is InChI=1S/C16H22F2N2O3S/c1-2-9-20(14-7-8-19-10-14)15(21)13-5-3-12(4-6-13)11-24(22,23)16(17)18/h3-6,14,16,19H,2,7-11H2,1H3. The van der Waals surface area contributed by atoms with Gasteiger partial charge in [0.2, 0.25) is 9.84 Å². The van der Waals surface area contributed by atoms with Crippen molar-refractivity contribution in [3.05, 3.63) is 35.4 Å². The molecule has 1 fully saturated rings. The highest BCUT2D eigenvalue weighted by Gasteiger charge is 2.27. The summed E-state index contributed by atoms with van der Waals surface area (Å²) in [6.45, 7) is 4.28. The van der Waals surface area contributed by atoms with Crippen LogP contribution >= 0.6 is 0 Å². The van der Waals surface area contributed by atoms with Gasteiger partial charge in [0.25, 0.3) is 5.91 Å². The van der Waals surface area contributed by atoms with Crippen LogP contribution in [-0.4, -0.2) is 50.7 Å². The maximum absolute atomic E-state index is 12.7. The van der Waals surface area contributed by atoms with Crippen LogP contribution < -0.4 is 5.32 Å². The van der Waals surface area contributed by atoms with E-state index in [2.05, 4.69) is 5.32 Å². The van der Waals surface area contributed by atoms with Crippen LogP contribution in [0.4, 0.5) is 8.78 Å². The molecule has 8 heteroatoms. The Balaban J connectivity index is 2.12. The van der Waals surface area contributed by atoms with Crippen LogP contribution in [0.1, 0.15) is 35.7 Å². The predicted octanol–water partition coefficient (Wildman–Crippen LogP) is 2.04. The number of benzene rings is 1. The fourth-order valence-electron chi connectivity index (χ4n) is 2.80. The number of rotatable bonds is 7. The minimum atomic E-state index is -4.46. The molecule has 134 valence electrons. The van der Waals surface area contributed by atoms with Gasteiger partial charge in [0, 0.05) is 24.7 Å². The Kier molecular flexibility index (Phi) is 6.28. The van der Waals surface area contributed by atoms with Crippen molar-refractivity contribution in [2.75, 3.05) is 19.6 Å². The number of amides is 1. The lowest BCUT2D eigenvalue weighted by Gasteiger charge is -2.28. The molecule has 1 aromatic carbocycles. The Bertz CT molecular complexity index is 656. The zero-order chi connectivity index (χ0) is 17.7. The molecule has 1 amide bonds. The van der Waals surface area contributed by atoms with Gasteiger partial charge < -0.3 is 10.2 Å². The smallest absolute Gasteiger partial charge is 0.334 e. The number of nitrogens with one attached hydrogen (secondary N) is 1. The highest BCUT2D eigenvalue weighted by molar-refractivity contribution is 7.90. The Morgan fingerprint density at radius 2 is 2.00 bits per heavy atom. The molecule has 1 aromatic rings. The van der Waals surface area contributed by atoms with Crippen molar-refractivity contribution >= 4 is 15.7 Å². The molecule has 24 heavy (non-hydrogen) atoms. The van der Waals surface area contributed by atoms with Gasteiger partial charge in [-0.05, 0) is 37.1 Å². The van der Waals surface area contributed by atoms with E-state index >= 15 is 0 Å². The van der Waals surface area contributed by atoms with E-state index in [-0.39, 0.29) is 17.5 Å². The molecule has 1 heterocycles. The van der Waals surface area contributed by atoms with Gasteiger partial charge >= 0.3 is 5.76 Å². The van der Waals surface area contributed by atoms with E-state index in [9.17, 15) is 22.0 Å². The van der Waals surface area contributed by atoms with Gasteiger partial charge in [-0.1, -0.05) is 19.1 Å². The lowest BCUT2D eigenvalue weighted by Crippen LogP contribution is -2.42. The first-order valence-corrected chi connectivity index (χ1v) is 9.67. The summed E-state index contributed by atoms with van der Waals surface area (Å²) >= 11 is 0. The number of nitrogens with zero attached hydrogens (tertiary/aromatic N) is 1. The van der Waals surface area contributed by atoms with E-state index in [1.807, 2.05) is 11.8 Å². The molecule has 0 spiro atoms. The minimum absolute atomic E-state index is 0.117. The highest BCUT2D eigenvalue weighted by atomic mass is 32.2. The maximum atomic E-state index is 12.7. The predicted molar refractivity (Wildman–Crippen MR) is 87.7 cm³/mol. The molecule has 0 radical (unpaired) electrons. The lowest BCUT2D eigenvalue weighted by molar-refractivity contribution is 0.0692. The summed E-state index contributed by atoms with van der Waals surface area (Å²) in [6, 6.07) is 6.00. The van der Waals surface area contributed by atoms with Crippen molar-refractivity contribution in [2.45, 2.75) is 37.3 Å². The molecule has 1 unspecified atom stereocenters. The van der Waals surface area contributed by atoms with Gasteiger partial charge in [-0.2, -0.15) is 8.78 Å². The van der Waals surface area contributed by atoms with Crippen LogP contribution in [0.15, 0.2) is 24.3 Å². The van der Waals surface area contributed by atoms with Gasteiger partial charge in [0.1, 0.15) is 0 Å². The van der Waals surface area contributed by atoms with E-state index in [4.69, 9.17) is 0 Å². The van der Waals surface area contributed by atoms with Crippen LogP contribution in [0.3, 0.4) is 0 Å². The number of alkyl halides is 2. The Hall–Kier alpha value is -1.54. The Morgan fingerprint density at radius 1 is 1.33 bits per heavy atom. The molecule has 0 aliphatic carbocycles. The maximum Gasteiger partial charge on any atom is 0.337 e. The SMILES string of the molecule is CCCN(C(=O)c1ccc(CS(=O)(=O)C(F)F)cc1)C1CCNC1. The molecular formula is C16H22F2N2O3S. The third kappa shape index (κ3) is 4.51. The molecule has 1 aliphatic heterocycles. The topological polar surface area (TPSA) is 66.5 Å². The molecule has 0 aromatic heterocycles. The first kappa shape index (κ1) is 18.8. The molecule has 5 nitrogen and oxygen atoms in total. The van der Waals surface area contributed by atoms with Crippen molar-refractivity contribution < 1.29 is 22.0 Å². The monoisotopic (exact) mass is 360 g/mol. The second-order valence-corrected chi connectivity index (χ2v) is 7.88. The van der Waals surface area contributed by atoms with Gasteiger partial charge in [0.15, 0.2) is 0 Å². The van der Waals surface area contributed by atoms with Crippen LogP contribution in [0.2, 0.25) is 0 Å². The third-order valence-corrected chi connectivity index (χ3v) is 5.32. The van der Waals surface area contributed by atoms with E-state index in [0.29, 0.717) is 12.1 Å². The minimum Gasteiger partial charge on any atom is -0.334 e. The summed E-state index contributed by atoms with van der Waals surface area (Å²) in [6.07, 6.45) is 1.74. The summed E-state index contributed by atoms with van der Waals surface area (Å²) in [7, 11) is -4.46. The fraction of sp³-hybridized carbons (Fsp3) is 0.562. The van der Waals surface area contributed by atoms with Crippen LogP contribution in [0, 0.1) is 0 Å². The van der Waals surface area contributed by atoms with Crippen LogP contribution in [-0.2, 0) is 15.6 Å². The molecule has 1 saturated heterocycles. The zero-order valence-electron chi connectivity index (χ0n) is 13.5. The third-order valence-electron chi connectivity index (χ3n) is 4.04. The molecule has 0 saturated carbocycles. The van der Waals surface area contributed by atoms with E-state index < -0.39 is 21.3 Å². The van der Waals surface area contributed by atoms with Gasteiger partial charge in [-0.25, -0.2) is 8.42 Å². The molecular weight excluding hydrogens is 338 g/mol. The highest BCUT2D eigenvalue weighted by Crippen LogP contribution is 2.17. The molecule has 0 bridgehead atoms. The molecule has 2 rings (SSSR count). The molecule has 1 aliphatic rings. The number of sulfone groups is 1. The second-order valence-electron chi connectivity index (χ2n) is 5.91. The van der Waals surface area contributed by atoms with E-state index in [1.54, 1.807) is 0 Å².